The fraction of sp³-hybridized carbons (Fsp3) is 0.438. The minimum atomic E-state index is -1.02. The molecule has 2 aromatic rings. The Kier molecular flexibility index (Phi) is 5.50. The van der Waals surface area contributed by atoms with Crippen molar-refractivity contribution >= 4 is 11.9 Å². The van der Waals surface area contributed by atoms with Crippen LogP contribution in [-0.2, 0) is 4.79 Å². The Morgan fingerprint density at radius 3 is 2.48 bits per heavy atom. The summed E-state index contributed by atoms with van der Waals surface area (Å²) in [4.78, 5) is 35.7. The fourth-order valence-corrected chi connectivity index (χ4v) is 3.05. The standard InChI is InChI=1S/C16H20N6O5/c1-26-11-4-3-10(14(19-11)27-2)12(16(24)25)21-5-7-22(8-6-21)15(23)13-17-9-18-20-13/h3-4,9,12H,5-8H2,1-2H3,(H,24,25)(H,17,18,20)/t12-/m1/s1. The van der Waals surface area contributed by atoms with Gasteiger partial charge in [-0.15, -0.1) is 0 Å². The van der Waals surface area contributed by atoms with Gasteiger partial charge in [-0.1, -0.05) is 0 Å². The van der Waals surface area contributed by atoms with Gasteiger partial charge in [-0.25, -0.2) is 4.98 Å². The highest BCUT2D eigenvalue weighted by Crippen LogP contribution is 2.31. The van der Waals surface area contributed by atoms with Crippen LogP contribution in [0, 0.1) is 0 Å². The number of amides is 1. The first-order valence-corrected chi connectivity index (χ1v) is 8.25. The number of carboxylic acids is 1. The van der Waals surface area contributed by atoms with Crippen molar-refractivity contribution in [1.29, 1.82) is 0 Å². The van der Waals surface area contributed by atoms with Crippen LogP contribution >= 0.6 is 0 Å². The number of hydrogen-bond acceptors (Lipinski definition) is 8. The van der Waals surface area contributed by atoms with E-state index in [0.29, 0.717) is 37.6 Å². The van der Waals surface area contributed by atoms with Crippen molar-refractivity contribution in [3.63, 3.8) is 0 Å². The number of methoxy groups -OCH3 is 2. The zero-order chi connectivity index (χ0) is 19.4. The molecule has 0 unspecified atom stereocenters. The molecular weight excluding hydrogens is 356 g/mol. The molecule has 2 N–H and O–H groups in total. The monoisotopic (exact) mass is 376 g/mol. The van der Waals surface area contributed by atoms with Crippen LogP contribution in [0.2, 0.25) is 0 Å². The quantitative estimate of drug-likeness (QED) is 0.703. The van der Waals surface area contributed by atoms with Crippen LogP contribution in [0.1, 0.15) is 22.2 Å². The Labute approximate surface area is 154 Å². The molecule has 0 spiro atoms. The number of rotatable bonds is 6. The van der Waals surface area contributed by atoms with Gasteiger partial charge in [-0.05, 0) is 6.07 Å². The highest BCUT2D eigenvalue weighted by Gasteiger charge is 2.34. The number of nitrogens with one attached hydrogen (secondary N) is 1. The molecule has 0 aliphatic carbocycles. The molecule has 11 heteroatoms. The highest BCUT2D eigenvalue weighted by molar-refractivity contribution is 5.90. The third-order valence-corrected chi connectivity index (χ3v) is 4.38. The Morgan fingerprint density at radius 2 is 1.93 bits per heavy atom. The number of ether oxygens (including phenoxy) is 2. The average Bonchev–Trinajstić information content (AvgIpc) is 3.23. The maximum atomic E-state index is 12.3. The van der Waals surface area contributed by atoms with Gasteiger partial charge in [0.15, 0.2) is 0 Å². The number of H-pyrrole nitrogens is 1. The Balaban J connectivity index is 1.76. The normalized spacial score (nSPS) is 16.0. The van der Waals surface area contributed by atoms with Crippen LogP contribution in [-0.4, -0.2) is 87.3 Å². The smallest absolute Gasteiger partial charge is 0.325 e. The molecule has 1 fully saturated rings. The van der Waals surface area contributed by atoms with Crippen LogP contribution in [0.3, 0.4) is 0 Å². The molecule has 1 aliphatic rings. The zero-order valence-electron chi connectivity index (χ0n) is 15.0. The molecule has 0 radical (unpaired) electrons. The van der Waals surface area contributed by atoms with E-state index in [2.05, 4.69) is 20.2 Å². The SMILES string of the molecule is COc1ccc([C@H](C(=O)O)N2CCN(C(=O)c3ncn[nH]3)CC2)c(OC)n1. The summed E-state index contributed by atoms with van der Waals surface area (Å²) < 4.78 is 10.3. The molecular formula is C16H20N6O5. The molecule has 0 aromatic carbocycles. The van der Waals surface area contributed by atoms with E-state index in [-0.39, 0.29) is 17.6 Å². The number of carboxylic acid groups (broad SMARTS) is 1. The van der Waals surface area contributed by atoms with Crippen LogP contribution in [0.4, 0.5) is 0 Å². The largest absolute Gasteiger partial charge is 0.481 e. The maximum Gasteiger partial charge on any atom is 0.325 e. The number of nitrogens with zero attached hydrogens (tertiary/aromatic N) is 5. The lowest BCUT2D eigenvalue weighted by Gasteiger charge is -2.37. The summed E-state index contributed by atoms with van der Waals surface area (Å²) in [5, 5.41) is 16.0. The number of hydrogen-bond donors (Lipinski definition) is 2. The lowest BCUT2D eigenvalue weighted by atomic mass is 10.1. The van der Waals surface area contributed by atoms with Crippen molar-refractivity contribution in [2.45, 2.75) is 6.04 Å². The fourth-order valence-electron chi connectivity index (χ4n) is 3.05. The van der Waals surface area contributed by atoms with Gasteiger partial charge >= 0.3 is 5.97 Å². The van der Waals surface area contributed by atoms with Gasteiger partial charge in [-0.3, -0.25) is 19.6 Å². The number of aromatic nitrogens is 4. The molecule has 1 amide bonds. The van der Waals surface area contributed by atoms with E-state index in [9.17, 15) is 14.7 Å². The molecule has 3 rings (SSSR count). The predicted octanol–water partition coefficient (Wildman–Crippen LogP) is -0.199. The third kappa shape index (κ3) is 3.82. The number of aliphatic carboxylic acids is 1. The van der Waals surface area contributed by atoms with E-state index in [1.807, 2.05) is 0 Å². The van der Waals surface area contributed by atoms with Crippen molar-refractivity contribution in [3.05, 3.63) is 29.8 Å². The predicted molar refractivity (Wildman–Crippen MR) is 91.6 cm³/mol. The second-order valence-corrected chi connectivity index (χ2v) is 5.86. The van der Waals surface area contributed by atoms with E-state index in [1.165, 1.54) is 20.5 Å². The first kappa shape index (κ1) is 18.6. The van der Waals surface area contributed by atoms with Gasteiger partial charge in [0.25, 0.3) is 5.91 Å². The minimum Gasteiger partial charge on any atom is -0.481 e. The second-order valence-electron chi connectivity index (χ2n) is 5.86. The number of carbonyl (C=O) groups excluding carboxylic acids is 1. The summed E-state index contributed by atoms with van der Waals surface area (Å²) in [5.74, 6) is -0.582. The molecule has 144 valence electrons. The Hall–Kier alpha value is -3.21. The van der Waals surface area contributed by atoms with Gasteiger partial charge in [0.1, 0.15) is 12.4 Å². The van der Waals surface area contributed by atoms with Crippen molar-refractivity contribution in [3.8, 4) is 11.8 Å². The van der Waals surface area contributed by atoms with Crippen molar-refractivity contribution < 1.29 is 24.2 Å². The zero-order valence-corrected chi connectivity index (χ0v) is 15.0. The van der Waals surface area contributed by atoms with E-state index in [0.717, 1.165) is 0 Å². The van der Waals surface area contributed by atoms with Gasteiger partial charge < -0.3 is 19.5 Å². The molecule has 3 heterocycles. The van der Waals surface area contributed by atoms with E-state index in [1.54, 1.807) is 21.9 Å². The first-order chi connectivity index (χ1) is 13.0. The van der Waals surface area contributed by atoms with Crippen LogP contribution < -0.4 is 9.47 Å². The van der Waals surface area contributed by atoms with Gasteiger partial charge in [0.2, 0.25) is 17.6 Å². The van der Waals surface area contributed by atoms with E-state index >= 15 is 0 Å². The van der Waals surface area contributed by atoms with E-state index < -0.39 is 12.0 Å². The van der Waals surface area contributed by atoms with Crippen LogP contribution in [0.25, 0.3) is 0 Å². The lowest BCUT2D eigenvalue weighted by Crippen LogP contribution is -2.51. The molecule has 2 aromatic heterocycles. The van der Waals surface area contributed by atoms with Gasteiger partial charge in [0, 0.05) is 37.8 Å². The summed E-state index contributed by atoms with van der Waals surface area (Å²) in [5.41, 5.74) is 0.431. The number of aromatic amines is 1. The van der Waals surface area contributed by atoms with Crippen molar-refractivity contribution in [2.24, 2.45) is 0 Å². The lowest BCUT2D eigenvalue weighted by molar-refractivity contribution is -0.144. The Bertz CT molecular complexity index is 804. The first-order valence-electron chi connectivity index (χ1n) is 8.25. The molecule has 0 bridgehead atoms. The van der Waals surface area contributed by atoms with E-state index in [4.69, 9.17) is 9.47 Å². The van der Waals surface area contributed by atoms with Crippen LogP contribution in [0.5, 0.6) is 11.8 Å². The second kappa shape index (κ2) is 7.99. The van der Waals surface area contributed by atoms with Gasteiger partial charge in [-0.2, -0.15) is 10.1 Å². The summed E-state index contributed by atoms with van der Waals surface area (Å²) in [6.45, 7) is 1.50. The summed E-state index contributed by atoms with van der Waals surface area (Å²) in [6, 6.07) is 2.29. The number of pyridine rings is 1. The highest BCUT2D eigenvalue weighted by atomic mass is 16.5. The van der Waals surface area contributed by atoms with Crippen molar-refractivity contribution in [1.82, 2.24) is 30.0 Å². The summed E-state index contributed by atoms with van der Waals surface area (Å²) in [7, 11) is 2.90. The molecule has 1 atom stereocenters. The topological polar surface area (TPSA) is 134 Å². The third-order valence-electron chi connectivity index (χ3n) is 4.38. The maximum absolute atomic E-state index is 12.3. The molecule has 11 nitrogen and oxygen atoms in total. The molecule has 1 saturated heterocycles. The molecule has 1 aliphatic heterocycles. The van der Waals surface area contributed by atoms with Gasteiger partial charge in [0.05, 0.1) is 14.2 Å². The van der Waals surface area contributed by atoms with Crippen LogP contribution in [0.15, 0.2) is 18.5 Å². The number of carbonyl (C=O) groups is 2. The van der Waals surface area contributed by atoms with Crippen molar-refractivity contribution in [2.75, 3.05) is 40.4 Å². The number of piperazine rings is 1. The molecule has 27 heavy (non-hydrogen) atoms. The summed E-state index contributed by atoms with van der Waals surface area (Å²) >= 11 is 0. The average molecular weight is 376 g/mol. The summed E-state index contributed by atoms with van der Waals surface area (Å²) in [6.07, 6.45) is 1.27. The minimum absolute atomic E-state index is 0.166. The Morgan fingerprint density at radius 1 is 1.19 bits per heavy atom. The molecule has 0 saturated carbocycles.